The van der Waals surface area contributed by atoms with Gasteiger partial charge in [-0.25, -0.2) is 0 Å². The smallest absolute Gasteiger partial charge is 0.247 e. The molecule has 0 amide bonds. The summed E-state index contributed by atoms with van der Waals surface area (Å²) in [4.78, 5) is 0. The third-order valence-corrected chi connectivity index (χ3v) is 3.61. The van der Waals surface area contributed by atoms with E-state index in [1.807, 2.05) is 38.1 Å². The van der Waals surface area contributed by atoms with Gasteiger partial charge in [0, 0.05) is 10.8 Å². The van der Waals surface area contributed by atoms with Crippen LogP contribution in [0.3, 0.4) is 0 Å². The number of benzene rings is 1. The summed E-state index contributed by atoms with van der Waals surface area (Å²) >= 11 is 1.59. The highest BCUT2D eigenvalue weighted by molar-refractivity contribution is 7.99. The lowest BCUT2D eigenvalue weighted by atomic mass is 10.1. The molecule has 0 aliphatic heterocycles. The predicted octanol–water partition coefficient (Wildman–Crippen LogP) is 2.66. The van der Waals surface area contributed by atoms with Gasteiger partial charge in [0.05, 0.1) is 12.4 Å². The van der Waals surface area contributed by atoms with Gasteiger partial charge in [-0.2, -0.15) is 0 Å². The number of rotatable bonds is 5. The van der Waals surface area contributed by atoms with Crippen molar-refractivity contribution < 1.29 is 9.52 Å². The molecule has 4 nitrogen and oxygen atoms in total. The molecule has 1 N–H and O–H groups in total. The summed E-state index contributed by atoms with van der Waals surface area (Å²) in [5.74, 6) is 1.77. The van der Waals surface area contributed by atoms with E-state index < -0.39 is 0 Å². The molecule has 0 fully saturated rings. The number of hydrogen-bond donors (Lipinski definition) is 1. The van der Waals surface area contributed by atoms with Gasteiger partial charge in [0.2, 0.25) is 11.8 Å². The van der Waals surface area contributed by atoms with E-state index in [4.69, 9.17) is 9.52 Å². The lowest BCUT2D eigenvalue weighted by Crippen LogP contribution is -2.02. The fourth-order valence-corrected chi connectivity index (χ4v) is 2.12. The van der Waals surface area contributed by atoms with Crippen molar-refractivity contribution in [3.8, 4) is 11.5 Å². The molecule has 1 heterocycles. The van der Waals surface area contributed by atoms with E-state index in [0.29, 0.717) is 17.5 Å². The Bertz CT molecular complexity index is 513. The molecule has 0 saturated heterocycles. The lowest BCUT2D eigenvalue weighted by Gasteiger charge is -2.03. The fourth-order valence-electron chi connectivity index (χ4n) is 1.47. The standard InChI is InChI=1S/C13H16N2O2S/c1-9-4-3-5-11(6-9)13-15-14-12(17-13)8-18-10(2)7-16/h3-6,10,16H,7-8H2,1-2H3. The van der Waals surface area contributed by atoms with Crippen molar-refractivity contribution in [2.75, 3.05) is 6.61 Å². The third kappa shape index (κ3) is 3.34. The van der Waals surface area contributed by atoms with Crippen molar-refractivity contribution in [3.63, 3.8) is 0 Å². The molecular weight excluding hydrogens is 248 g/mol. The van der Waals surface area contributed by atoms with Gasteiger partial charge in [0.1, 0.15) is 0 Å². The van der Waals surface area contributed by atoms with E-state index in [9.17, 15) is 0 Å². The number of aliphatic hydroxyl groups excluding tert-OH is 1. The summed E-state index contributed by atoms with van der Waals surface area (Å²) in [6.07, 6.45) is 0. The van der Waals surface area contributed by atoms with E-state index in [1.54, 1.807) is 11.8 Å². The maximum Gasteiger partial charge on any atom is 0.247 e. The monoisotopic (exact) mass is 264 g/mol. The van der Waals surface area contributed by atoms with Gasteiger partial charge in [-0.1, -0.05) is 24.6 Å². The second-order valence-corrected chi connectivity index (χ2v) is 5.60. The Kier molecular flexibility index (Phi) is 4.38. The number of hydrogen-bond acceptors (Lipinski definition) is 5. The second kappa shape index (κ2) is 6.02. The molecule has 0 aliphatic rings. The first kappa shape index (κ1) is 13.1. The van der Waals surface area contributed by atoms with Crippen molar-refractivity contribution in [2.45, 2.75) is 24.9 Å². The van der Waals surface area contributed by atoms with Gasteiger partial charge in [-0.3, -0.25) is 0 Å². The van der Waals surface area contributed by atoms with E-state index in [1.165, 1.54) is 0 Å². The maximum atomic E-state index is 8.94. The largest absolute Gasteiger partial charge is 0.420 e. The Morgan fingerprint density at radius 2 is 2.22 bits per heavy atom. The normalized spacial score (nSPS) is 12.6. The van der Waals surface area contributed by atoms with Crippen LogP contribution in [-0.4, -0.2) is 27.2 Å². The van der Waals surface area contributed by atoms with Gasteiger partial charge >= 0.3 is 0 Å². The molecule has 18 heavy (non-hydrogen) atoms. The average molecular weight is 264 g/mol. The predicted molar refractivity (Wildman–Crippen MR) is 72.3 cm³/mol. The Hall–Kier alpha value is -1.33. The zero-order valence-corrected chi connectivity index (χ0v) is 11.3. The first-order chi connectivity index (χ1) is 8.69. The Morgan fingerprint density at radius 3 is 2.94 bits per heavy atom. The van der Waals surface area contributed by atoms with Crippen LogP contribution in [0.15, 0.2) is 28.7 Å². The van der Waals surface area contributed by atoms with Crippen molar-refractivity contribution in [3.05, 3.63) is 35.7 Å². The highest BCUT2D eigenvalue weighted by Crippen LogP contribution is 2.22. The molecule has 2 aromatic rings. The lowest BCUT2D eigenvalue weighted by molar-refractivity contribution is 0.300. The molecule has 0 spiro atoms. The zero-order chi connectivity index (χ0) is 13.0. The quantitative estimate of drug-likeness (QED) is 0.899. The van der Waals surface area contributed by atoms with Crippen LogP contribution in [0.25, 0.3) is 11.5 Å². The SMILES string of the molecule is Cc1cccc(-c2nnc(CSC(C)CO)o2)c1. The van der Waals surface area contributed by atoms with Crippen LogP contribution >= 0.6 is 11.8 Å². The number of aryl methyl sites for hydroxylation is 1. The minimum absolute atomic E-state index is 0.156. The molecule has 0 saturated carbocycles. The van der Waals surface area contributed by atoms with E-state index in [-0.39, 0.29) is 11.9 Å². The van der Waals surface area contributed by atoms with Gasteiger partial charge in [-0.05, 0) is 19.1 Å². The molecular formula is C13H16N2O2S. The minimum atomic E-state index is 0.156. The average Bonchev–Trinajstić information content (AvgIpc) is 2.84. The van der Waals surface area contributed by atoms with E-state index in [0.717, 1.165) is 11.1 Å². The molecule has 0 aliphatic carbocycles. The second-order valence-electron chi connectivity index (χ2n) is 4.17. The Balaban J connectivity index is 2.06. The summed E-state index contributed by atoms with van der Waals surface area (Å²) in [5.41, 5.74) is 2.10. The summed E-state index contributed by atoms with van der Waals surface area (Å²) in [6.45, 7) is 4.14. The van der Waals surface area contributed by atoms with Crippen LogP contribution in [0, 0.1) is 6.92 Å². The zero-order valence-electron chi connectivity index (χ0n) is 10.5. The molecule has 96 valence electrons. The van der Waals surface area contributed by atoms with Crippen molar-refractivity contribution in [2.24, 2.45) is 0 Å². The van der Waals surface area contributed by atoms with Crippen molar-refractivity contribution in [1.82, 2.24) is 10.2 Å². The van der Waals surface area contributed by atoms with Gasteiger partial charge in [0.15, 0.2) is 0 Å². The number of aliphatic hydroxyl groups is 1. The molecule has 1 unspecified atom stereocenters. The van der Waals surface area contributed by atoms with Crippen LogP contribution in [0.1, 0.15) is 18.4 Å². The van der Waals surface area contributed by atoms with Crippen LogP contribution in [0.5, 0.6) is 0 Å². The van der Waals surface area contributed by atoms with Gasteiger partial charge < -0.3 is 9.52 Å². The summed E-state index contributed by atoms with van der Waals surface area (Å²) in [7, 11) is 0. The Labute approximate surface area is 110 Å². The van der Waals surface area contributed by atoms with Crippen LogP contribution in [0.4, 0.5) is 0 Å². The van der Waals surface area contributed by atoms with Crippen LogP contribution < -0.4 is 0 Å². The summed E-state index contributed by atoms with van der Waals surface area (Å²) in [6, 6.07) is 7.96. The first-order valence-corrected chi connectivity index (χ1v) is 6.86. The summed E-state index contributed by atoms with van der Waals surface area (Å²) < 4.78 is 5.59. The molecule has 0 radical (unpaired) electrons. The maximum absolute atomic E-state index is 8.94. The number of aromatic nitrogens is 2. The minimum Gasteiger partial charge on any atom is -0.420 e. The fraction of sp³-hybridized carbons (Fsp3) is 0.385. The molecule has 1 aromatic heterocycles. The molecule has 0 bridgehead atoms. The van der Waals surface area contributed by atoms with Gasteiger partial charge in [-0.15, -0.1) is 22.0 Å². The topological polar surface area (TPSA) is 59.2 Å². The molecule has 1 aromatic carbocycles. The van der Waals surface area contributed by atoms with Crippen LogP contribution in [-0.2, 0) is 5.75 Å². The van der Waals surface area contributed by atoms with Crippen LogP contribution in [0.2, 0.25) is 0 Å². The molecule has 2 rings (SSSR count). The van der Waals surface area contributed by atoms with Gasteiger partial charge in [0.25, 0.3) is 0 Å². The number of thioether (sulfide) groups is 1. The van der Waals surface area contributed by atoms with E-state index >= 15 is 0 Å². The van der Waals surface area contributed by atoms with Crippen molar-refractivity contribution >= 4 is 11.8 Å². The summed E-state index contributed by atoms with van der Waals surface area (Å²) in [5, 5.41) is 17.2. The molecule has 1 atom stereocenters. The van der Waals surface area contributed by atoms with Crippen molar-refractivity contribution in [1.29, 1.82) is 0 Å². The highest BCUT2D eigenvalue weighted by Gasteiger charge is 2.10. The van der Waals surface area contributed by atoms with E-state index in [2.05, 4.69) is 10.2 Å². The number of nitrogens with zero attached hydrogens (tertiary/aromatic N) is 2. The first-order valence-electron chi connectivity index (χ1n) is 5.81. The third-order valence-electron chi connectivity index (χ3n) is 2.48. The highest BCUT2D eigenvalue weighted by atomic mass is 32.2. The Morgan fingerprint density at radius 1 is 1.39 bits per heavy atom. The molecule has 5 heteroatoms.